The summed E-state index contributed by atoms with van der Waals surface area (Å²) in [6, 6.07) is 17.7. The summed E-state index contributed by atoms with van der Waals surface area (Å²) < 4.78 is 0. The molecule has 1 aliphatic rings. The highest BCUT2D eigenvalue weighted by atomic mass is 35.5. The molecule has 3 nitrogen and oxygen atoms in total. The predicted molar refractivity (Wildman–Crippen MR) is 88.8 cm³/mol. The molecule has 0 radical (unpaired) electrons. The van der Waals surface area contributed by atoms with Crippen molar-refractivity contribution in [1.29, 1.82) is 0 Å². The number of carbonyl (C=O) groups is 1. The molecular weight excluding hydrogens is 296 g/mol. The molecule has 0 spiro atoms. The third-order valence-corrected chi connectivity index (χ3v) is 4.51. The number of carbonyl (C=O) groups excluding carboxylic acids is 1. The first-order chi connectivity index (χ1) is 10.8. The van der Waals surface area contributed by atoms with E-state index in [0.717, 1.165) is 22.7 Å². The van der Waals surface area contributed by atoms with Gasteiger partial charge in [-0.25, -0.2) is 0 Å². The van der Waals surface area contributed by atoms with Gasteiger partial charge in [0.25, 0.3) is 0 Å². The van der Waals surface area contributed by atoms with E-state index in [9.17, 15) is 4.79 Å². The molecule has 4 heteroatoms. The van der Waals surface area contributed by atoms with E-state index >= 15 is 0 Å². The van der Waals surface area contributed by atoms with Crippen molar-refractivity contribution in [2.75, 3.05) is 13.1 Å². The van der Waals surface area contributed by atoms with Crippen LogP contribution in [0.1, 0.15) is 17.0 Å². The first kappa shape index (κ1) is 15.1. The number of hydrogen-bond acceptors (Lipinski definition) is 2. The molecule has 0 saturated carbocycles. The van der Waals surface area contributed by atoms with Gasteiger partial charge in [0.05, 0.1) is 5.92 Å². The molecule has 2 unspecified atom stereocenters. The lowest BCUT2D eigenvalue weighted by atomic mass is 9.88. The van der Waals surface area contributed by atoms with E-state index in [1.165, 1.54) is 0 Å². The maximum atomic E-state index is 12.5. The zero-order chi connectivity index (χ0) is 15.4. The molecule has 114 valence electrons. The molecule has 0 aromatic heterocycles. The summed E-state index contributed by atoms with van der Waals surface area (Å²) >= 11 is 6.29. The van der Waals surface area contributed by atoms with E-state index in [4.69, 9.17) is 11.6 Å². The summed E-state index contributed by atoms with van der Waals surface area (Å²) in [7, 11) is 0. The molecule has 22 heavy (non-hydrogen) atoms. The van der Waals surface area contributed by atoms with Gasteiger partial charge in [0.15, 0.2) is 0 Å². The third-order valence-electron chi connectivity index (χ3n) is 4.17. The Morgan fingerprint density at radius 1 is 1.09 bits per heavy atom. The molecule has 1 fully saturated rings. The van der Waals surface area contributed by atoms with Crippen molar-refractivity contribution in [3.63, 3.8) is 0 Å². The first-order valence-electron chi connectivity index (χ1n) is 7.52. The van der Waals surface area contributed by atoms with Gasteiger partial charge in [-0.3, -0.25) is 4.79 Å². The zero-order valence-electron chi connectivity index (χ0n) is 12.3. The summed E-state index contributed by atoms with van der Waals surface area (Å²) in [5.74, 6) is 0.131. The van der Waals surface area contributed by atoms with Crippen molar-refractivity contribution in [2.24, 2.45) is 5.92 Å². The Morgan fingerprint density at radius 2 is 1.82 bits per heavy atom. The van der Waals surface area contributed by atoms with Gasteiger partial charge in [-0.15, -0.1) is 0 Å². The average Bonchev–Trinajstić information content (AvgIpc) is 3.03. The smallest absolute Gasteiger partial charge is 0.225 e. The Kier molecular flexibility index (Phi) is 4.76. The molecule has 0 bridgehead atoms. The van der Waals surface area contributed by atoms with Crippen LogP contribution < -0.4 is 10.6 Å². The zero-order valence-corrected chi connectivity index (χ0v) is 13.0. The van der Waals surface area contributed by atoms with Crippen LogP contribution >= 0.6 is 11.6 Å². The normalized spacial score (nSPS) is 20.8. The van der Waals surface area contributed by atoms with Crippen LogP contribution in [0.4, 0.5) is 0 Å². The summed E-state index contributed by atoms with van der Waals surface area (Å²) in [5, 5.41) is 7.08. The van der Waals surface area contributed by atoms with Crippen LogP contribution in [0, 0.1) is 5.92 Å². The predicted octanol–water partition coefficient (Wildman–Crippen LogP) is 2.96. The Morgan fingerprint density at radius 3 is 2.59 bits per heavy atom. The second kappa shape index (κ2) is 6.95. The standard InChI is InChI=1S/C18H19ClN2O/c19-17-9-5-4-8-14(17)15-11-20-12-16(15)18(22)21-10-13-6-2-1-3-7-13/h1-9,15-16,20H,10-12H2,(H,21,22). The molecule has 1 saturated heterocycles. The SMILES string of the molecule is O=C(NCc1ccccc1)C1CNCC1c1ccccc1Cl. The summed E-state index contributed by atoms with van der Waals surface area (Å²) in [5.41, 5.74) is 2.16. The van der Waals surface area contributed by atoms with Gasteiger partial charge in [0, 0.05) is 30.6 Å². The Balaban J connectivity index is 1.68. The van der Waals surface area contributed by atoms with E-state index in [2.05, 4.69) is 10.6 Å². The van der Waals surface area contributed by atoms with Gasteiger partial charge in [-0.05, 0) is 17.2 Å². The summed E-state index contributed by atoms with van der Waals surface area (Å²) in [6.45, 7) is 2.04. The second-order valence-electron chi connectivity index (χ2n) is 5.60. The Hall–Kier alpha value is -1.84. The van der Waals surface area contributed by atoms with Crippen LogP contribution in [0.25, 0.3) is 0 Å². The molecule has 1 amide bonds. The highest BCUT2D eigenvalue weighted by Gasteiger charge is 2.34. The van der Waals surface area contributed by atoms with Crippen molar-refractivity contribution in [1.82, 2.24) is 10.6 Å². The third kappa shape index (κ3) is 3.32. The number of nitrogens with one attached hydrogen (secondary N) is 2. The molecule has 2 aromatic carbocycles. The van der Waals surface area contributed by atoms with Crippen molar-refractivity contribution in [2.45, 2.75) is 12.5 Å². The van der Waals surface area contributed by atoms with Gasteiger partial charge in [0.1, 0.15) is 0 Å². The summed E-state index contributed by atoms with van der Waals surface area (Å²) in [6.07, 6.45) is 0. The van der Waals surface area contributed by atoms with Crippen LogP contribution in [0.2, 0.25) is 5.02 Å². The number of hydrogen-bond donors (Lipinski definition) is 2. The number of benzene rings is 2. The van der Waals surface area contributed by atoms with Gasteiger partial charge in [-0.2, -0.15) is 0 Å². The fourth-order valence-corrected chi connectivity index (χ4v) is 3.25. The van der Waals surface area contributed by atoms with Crippen LogP contribution in [-0.2, 0) is 11.3 Å². The molecule has 2 aromatic rings. The van der Waals surface area contributed by atoms with Crippen LogP contribution in [-0.4, -0.2) is 19.0 Å². The number of rotatable bonds is 4. The van der Waals surface area contributed by atoms with E-state index in [-0.39, 0.29) is 17.7 Å². The molecule has 1 aliphatic heterocycles. The molecule has 2 N–H and O–H groups in total. The van der Waals surface area contributed by atoms with Crippen molar-refractivity contribution in [3.05, 3.63) is 70.7 Å². The van der Waals surface area contributed by atoms with E-state index in [0.29, 0.717) is 13.1 Å². The monoisotopic (exact) mass is 314 g/mol. The van der Waals surface area contributed by atoms with E-state index < -0.39 is 0 Å². The van der Waals surface area contributed by atoms with Gasteiger partial charge < -0.3 is 10.6 Å². The van der Waals surface area contributed by atoms with Crippen molar-refractivity contribution >= 4 is 17.5 Å². The lowest BCUT2D eigenvalue weighted by molar-refractivity contribution is -0.125. The number of amides is 1. The van der Waals surface area contributed by atoms with E-state index in [1.54, 1.807) is 0 Å². The fraction of sp³-hybridized carbons (Fsp3) is 0.278. The van der Waals surface area contributed by atoms with Crippen LogP contribution in [0.15, 0.2) is 54.6 Å². The van der Waals surface area contributed by atoms with Gasteiger partial charge in [-0.1, -0.05) is 60.1 Å². The maximum Gasteiger partial charge on any atom is 0.225 e. The largest absolute Gasteiger partial charge is 0.352 e. The molecule has 0 aliphatic carbocycles. The number of halogens is 1. The Labute approximate surface area is 135 Å². The molecule has 1 heterocycles. The van der Waals surface area contributed by atoms with Crippen LogP contribution in [0.3, 0.4) is 0 Å². The Bertz CT molecular complexity index is 645. The fourth-order valence-electron chi connectivity index (χ4n) is 2.97. The highest BCUT2D eigenvalue weighted by molar-refractivity contribution is 6.31. The lowest BCUT2D eigenvalue weighted by Gasteiger charge is -2.19. The minimum atomic E-state index is -0.0800. The first-order valence-corrected chi connectivity index (χ1v) is 7.90. The van der Waals surface area contributed by atoms with E-state index in [1.807, 2.05) is 54.6 Å². The van der Waals surface area contributed by atoms with Crippen LogP contribution in [0.5, 0.6) is 0 Å². The average molecular weight is 315 g/mol. The van der Waals surface area contributed by atoms with Crippen molar-refractivity contribution in [3.8, 4) is 0 Å². The maximum absolute atomic E-state index is 12.5. The van der Waals surface area contributed by atoms with Gasteiger partial charge in [0.2, 0.25) is 5.91 Å². The highest BCUT2D eigenvalue weighted by Crippen LogP contribution is 2.32. The minimum Gasteiger partial charge on any atom is -0.352 e. The summed E-state index contributed by atoms with van der Waals surface area (Å²) in [4.78, 5) is 12.5. The molecule has 2 atom stereocenters. The molecular formula is C18H19ClN2O. The quantitative estimate of drug-likeness (QED) is 0.911. The van der Waals surface area contributed by atoms with Gasteiger partial charge >= 0.3 is 0 Å². The van der Waals surface area contributed by atoms with Crippen molar-refractivity contribution < 1.29 is 4.79 Å². The minimum absolute atomic E-state index is 0.0800. The second-order valence-corrected chi connectivity index (χ2v) is 6.00. The topological polar surface area (TPSA) is 41.1 Å². The molecule has 3 rings (SSSR count). The lowest BCUT2D eigenvalue weighted by Crippen LogP contribution is -2.34.